The molecule has 7 heteroatoms. The molecule has 0 bridgehead atoms. The van der Waals surface area contributed by atoms with Gasteiger partial charge in [0.2, 0.25) is 0 Å². The van der Waals surface area contributed by atoms with Gasteiger partial charge in [0.25, 0.3) is 0 Å². The van der Waals surface area contributed by atoms with Gasteiger partial charge in [0.1, 0.15) is 5.58 Å². The lowest BCUT2D eigenvalue weighted by Crippen LogP contribution is -2.19. The Hall–Kier alpha value is -2.50. The van der Waals surface area contributed by atoms with Crippen molar-refractivity contribution in [1.82, 2.24) is 0 Å². The van der Waals surface area contributed by atoms with Crippen molar-refractivity contribution >= 4 is 51.6 Å². The second-order valence-electron chi connectivity index (χ2n) is 5.16. The van der Waals surface area contributed by atoms with E-state index in [-0.39, 0.29) is 0 Å². The van der Waals surface area contributed by atoms with E-state index in [0.29, 0.717) is 27.0 Å². The first kappa shape index (κ1) is 16.4. The Morgan fingerprint density at radius 3 is 2.58 bits per heavy atom. The van der Waals surface area contributed by atoms with Crippen molar-refractivity contribution in [3.05, 3.63) is 68.5 Å². The summed E-state index contributed by atoms with van der Waals surface area (Å²) in [5.41, 5.74) is 1.70. The molecule has 122 valence electrons. The topological polar surface area (TPSA) is 71.3 Å². The second kappa shape index (κ2) is 6.55. The lowest BCUT2D eigenvalue weighted by Gasteiger charge is -2.10. The molecule has 3 rings (SSSR count). The molecule has 0 fully saturated rings. The highest BCUT2D eigenvalue weighted by atomic mass is 35.5. The van der Waals surface area contributed by atoms with Crippen molar-refractivity contribution in [2.24, 2.45) is 0 Å². The number of urea groups is 1. The normalized spacial score (nSPS) is 10.6. The number of anilines is 2. The van der Waals surface area contributed by atoms with E-state index in [0.717, 1.165) is 10.9 Å². The molecule has 24 heavy (non-hydrogen) atoms. The minimum atomic E-state index is -0.478. The quantitative estimate of drug-likeness (QED) is 0.626. The van der Waals surface area contributed by atoms with Crippen LogP contribution in [0.2, 0.25) is 10.0 Å². The van der Waals surface area contributed by atoms with Crippen LogP contribution in [-0.2, 0) is 0 Å². The van der Waals surface area contributed by atoms with E-state index >= 15 is 0 Å². The zero-order valence-electron chi connectivity index (χ0n) is 12.5. The van der Waals surface area contributed by atoms with Gasteiger partial charge in [-0.3, -0.25) is 0 Å². The zero-order chi connectivity index (χ0) is 17.3. The number of benzene rings is 2. The Morgan fingerprint density at radius 1 is 1.04 bits per heavy atom. The van der Waals surface area contributed by atoms with Crippen molar-refractivity contribution in [2.75, 3.05) is 10.6 Å². The van der Waals surface area contributed by atoms with Gasteiger partial charge in [0.15, 0.2) is 0 Å². The van der Waals surface area contributed by atoms with Crippen LogP contribution in [0.4, 0.5) is 16.2 Å². The number of aryl methyl sites for hydroxylation is 1. The van der Waals surface area contributed by atoms with E-state index in [1.165, 1.54) is 12.1 Å². The van der Waals surface area contributed by atoms with E-state index in [2.05, 4.69) is 10.6 Å². The molecule has 0 unspecified atom stereocenters. The van der Waals surface area contributed by atoms with E-state index in [1.54, 1.807) is 30.3 Å². The molecule has 0 radical (unpaired) electrons. The van der Waals surface area contributed by atoms with E-state index in [1.807, 2.05) is 6.92 Å². The average Bonchev–Trinajstić information content (AvgIpc) is 2.49. The highest BCUT2D eigenvalue weighted by Crippen LogP contribution is 2.26. The number of rotatable bonds is 2. The third kappa shape index (κ3) is 3.53. The van der Waals surface area contributed by atoms with Crippen LogP contribution >= 0.6 is 23.2 Å². The van der Waals surface area contributed by atoms with Crippen LogP contribution in [0.5, 0.6) is 0 Å². The number of nitrogens with one attached hydrogen (secondary N) is 2. The molecule has 0 saturated carbocycles. The number of amides is 2. The molecule has 1 heterocycles. The zero-order valence-corrected chi connectivity index (χ0v) is 14.0. The number of hydrogen-bond acceptors (Lipinski definition) is 3. The van der Waals surface area contributed by atoms with Crippen LogP contribution < -0.4 is 16.3 Å². The first-order valence-electron chi connectivity index (χ1n) is 7.00. The summed E-state index contributed by atoms with van der Waals surface area (Å²) < 4.78 is 5.15. The van der Waals surface area contributed by atoms with Crippen LogP contribution in [0.1, 0.15) is 5.56 Å². The highest BCUT2D eigenvalue weighted by molar-refractivity contribution is 6.36. The molecule has 5 nitrogen and oxygen atoms in total. The lowest BCUT2D eigenvalue weighted by molar-refractivity contribution is 0.262. The van der Waals surface area contributed by atoms with Gasteiger partial charge >= 0.3 is 11.7 Å². The number of fused-ring (bicyclic) bond motifs is 1. The number of carbonyl (C=O) groups excluding carboxylic acids is 1. The highest BCUT2D eigenvalue weighted by Gasteiger charge is 2.08. The minimum Gasteiger partial charge on any atom is -0.423 e. The molecule has 2 aromatic carbocycles. The fourth-order valence-corrected chi connectivity index (χ4v) is 2.73. The van der Waals surface area contributed by atoms with Gasteiger partial charge in [-0.25, -0.2) is 9.59 Å². The summed E-state index contributed by atoms with van der Waals surface area (Å²) in [5.74, 6) is 0. The van der Waals surface area contributed by atoms with Crippen molar-refractivity contribution in [3.63, 3.8) is 0 Å². The van der Waals surface area contributed by atoms with Crippen LogP contribution in [0.15, 0.2) is 51.7 Å². The predicted octanol–water partition coefficient (Wildman–Crippen LogP) is 5.05. The molecule has 2 amide bonds. The van der Waals surface area contributed by atoms with E-state index in [9.17, 15) is 9.59 Å². The van der Waals surface area contributed by atoms with Gasteiger partial charge in [-0.1, -0.05) is 23.2 Å². The number of halogens is 2. The standard InChI is InChI=1S/C17H12Cl2N2O3/c1-9-6-16(22)24-15-8-11(3-4-12(9)15)20-17(23)21-14-5-2-10(18)7-13(14)19/h2-8H,1H3,(H2,20,21,23). The van der Waals surface area contributed by atoms with Gasteiger partial charge in [-0.05, 0) is 42.8 Å². The second-order valence-corrected chi connectivity index (χ2v) is 6.01. The summed E-state index contributed by atoms with van der Waals surface area (Å²) in [6.45, 7) is 1.82. The molecule has 0 spiro atoms. The molecule has 2 N–H and O–H groups in total. The Morgan fingerprint density at radius 2 is 1.83 bits per heavy atom. The SMILES string of the molecule is Cc1cc(=O)oc2cc(NC(=O)Nc3ccc(Cl)cc3Cl)ccc12. The maximum absolute atomic E-state index is 12.1. The number of hydrogen-bond donors (Lipinski definition) is 2. The summed E-state index contributed by atoms with van der Waals surface area (Å²) in [7, 11) is 0. The minimum absolute atomic E-state index is 0.331. The smallest absolute Gasteiger partial charge is 0.336 e. The van der Waals surface area contributed by atoms with E-state index in [4.69, 9.17) is 27.6 Å². The summed E-state index contributed by atoms with van der Waals surface area (Å²) >= 11 is 11.8. The molecule has 0 atom stereocenters. The predicted molar refractivity (Wildman–Crippen MR) is 96.3 cm³/mol. The van der Waals surface area contributed by atoms with Crippen LogP contribution in [0.3, 0.4) is 0 Å². The van der Waals surface area contributed by atoms with E-state index < -0.39 is 11.7 Å². The van der Waals surface area contributed by atoms with Gasteiger partial charge in [-0.15, -0.1) is 0 Å². The summed E-state index contributed by atoms with van der Waals surface area (Å²) in [4.78, 5) is 23.5. The largest absolute Gasteiger partial charge is 0.423 e. The molecule has 1 aromatic heterocycles. The summed E-state index contributed by atoms with van der Waals surface area (Å²) in [6, 6.07) is 10.8. The summed E-state index contributed by atoms with van der Waals surface area (Å²) in [5, 5.41) is 6.90. The number of carbonyl (C=O) groups is 1. The van der Waals surface area contributed by atoms with Crippen LogP contribution in [0.25, 0.3) is 11.0 Å². The maximum atomic E-state index is 12.1. The maximum Gasteiger partial charge on any atom is 0.336 e. The van der Waals surface area contributed by atoms with Gasteiger partial charge in [0, 0.05) is 28.2 Å². The van der Waals surface area contributed by atoms with Crippen molar-refractivity contribution in [1.29, 1.82) is 0 Å². The fourth-order valence-electron chi connectivity index (χ4n) is 2.28. The Kier molecular flexibility index (Phi) is 4.46. The Bertz CT molecular complexity index is 999. The van der Waals surface area contributed by atoms with Crippen LogP contribution in [0, 0.1) is 6.92 Å². The Balaban J connectivity index is 1.81. The Labute approximate surface area is 147 Å². The first-order valence-corrected chi connectivity index (χ1v) is 7.75. The van der Waals surface area contributed by atoms with Gasteiger partial charge in [-0.2, -0.15) is 0 Å². The molecule has 0 aliphatic rings. The molecule has 3 aromatic rings. The first-order chi connectivity index (χ1) is 11.4. The molecular formula is C17H12Cl2N2O3. The lowest BCUT2D eigenvalue weighted by atomic mass is 10.1. The summed E-state index contributed by atoms with van der Waals surface area (Å²) in [6.07, 6.45) is 0. The average molecular weight is 363 g/mol. The third-order valence-corrected chi connectivity index (χ3v) is 3.94. The fraction of sp³-hybridized carbons (Fsp3) is 0.0588. The molecule has 0 aliphatic heterocycles. The van der Waals surface area contributed by atoms with Crippen molar-refractivity contribution < 1.29 is 9.21 Å². The van der Waals surface area contributed by atoms with Crippen molar-refractivity contribution in [3.8, 4) is 0 Å². The third-order valence-electron chi connectivity index (χ3n) is 3.39. The molecular weight excluding hydrogens is 351 g/mol. The molecule has 0 saturated heterocycles. The monoisotopic (exact) mass is 362 g/mol. The van der Waals surface area contributed by atoms with Gasteiger partial charge < -0.3 is 15.1 Å². The molecule has 0 aliphatic carbocycles. The van der Waals surface area contributed by atoms with Gasteiger partial charge in [0.05, 0.1) is 10.7 Å². The van der Waals surface area contributed by atoms with Crippen molar-refractivity contribution in [2.45, 2.75) is 6.92 Å². The van der Waals surface area contributed by atoms with Crippen LogP contribution in [-0.4, -0.2) is 6.03 Å².